The number of aliphatic hydroxyl groups is 1. The fraction of sp³-hybridized carbons (Fsp3) is 0.167. The molecule has 2 heterocycles. The molecule has 5 nitrogen and oxygen atoms in total. The molecule has 5 heteroatoms. The number of carbonyl (C=O) groups excluding carboxylic acids is 2. The summed E-state index contributed by atoms with van der Waals surface area (Å²) in [7, 11) is 0. The fourth-order valence-electron chi connectivity index (χ4n) is 4.53. The minimum atomic E-state index is -0.844. The number of anilines is 1. The normalized spacial score (nSPS) is 17.8. The highest BCUT2D eigenvalue weighted by Gasteiger charge is 2.47. The van der Waals surface area contributed by atoms with Gasteiger partial charge in [-0.05, 0) is 52.1 Å². The predicted octanol–water partition coefficient (Wildman–Crippen LogP) is 6.16. The molecule has 0 spiro atoms. The zero-order chi connectivity index (χ0) is 24.7. The van der Waals surface area contributed by atoms with Crippen LogP contribution in [0.1, 0.15) is 43.6 Å². The molecular weight excluding hydrogens is 436 g/mol. The van der Waals surface area contributed by atoms with E-state index in [0.717, 1.165) is 16.3 Å². The van der Waals surface area contributed by atoms with E-state index in [2.05, 4.69) is 25.8 Å². The Labute approximate surface area is 204 Å². The van der Waals surface area contributed by atoms with Gasteiger partial charge in [0.2, 0.25) is 0 Å². The number of fused-ring (bicyclic) bond motifs is 1. The van der Waals surface area contributed by atoms with E-state index in [0.29, 0.717) is 16.9 Å². The van der Waals surface area contributed by atoms with E-state index < -0.39 is 17.7 Å². The van der Waals surface area contributed by atoms with Gasteiger partial charge in [-0.15, -0.1) is 0 Å². The largest absolute Gasteiger partial charge is 0.507 e. The highest BCUT2D eigenvalue weighted by atomic mass is 16.3. The summed E-state index contributed by atoms with van der Waals surface area (Å²) in [5, 5.41) is 13.3. The quantitative estimate of drug-likeness (QED) is 0.225. The van der Waals surface area contributed by atoms with Crippen molar-refractivity contribution in [3.05, 3.63) is 114 Å². The van der Waals surface area contributed by atoms with Crippen molar-refractivity contribution in [1.82, 2.24) is 4.98 Å². The first-order chi connectivity index (χ1) is 16.8. The van der Waals surface area contributed by atoms with Gasteiger partial charge in [0.1, 0.15) is 11.8 Å². The molecule has 3 aromatic carbocycles. The molecule has 0 saturated carbocycles. The topological polar surface area (TPSA) is 70.5 Å². The Hall–Kier alpha value is -4.25. The number of hydrogen-bond donors (Lipinski definition) is 1. The monoisotopic (exact) mass is 462 g/mol. The van der Waals surface area contributed by atoms with E-state index in [1.807, 2.05) is 60.7 Å². The molecule has 0 radical (unpaired) electrons. The minimum Gasteiger partial charge on any atom is -0.507 e. The first-order valence-electron chi connectivity index (χ1n) is 11.6. The van der Waals surface area contributed by atoms with Gasteiger partial charge < -0.3 is 5.11 Å². The standard InChI is InChI=1S/C30H26N2O3/c1-30(2,3)22-13-15-23(16-14-22)32-26(24-10-6-7-17-31-24)25(28(34)29(32)35)27(33)21-12-11-19-8-4-5-9-20(19)18-21/h4-18,26,33H,1-3H3/b27-25-. The van der Waals surface area contributed by atoms with Crippen molar-refractivity contribution < 1.29 is 14.7 Å². The number of ketones is 1. The number of aromatic nitrogens is 1. The van der Waals surface area contributed by atoms with Crippen LogP contribution in [0.15, 0.2) is 96.7 Å². The number of pyridine rings is 1. The van der Waals surface area contributed by atoms with Crippen molar-refractivity contribution in [2.24, 2.45) is 0 Å². The zero-order valence-corrected chi connectivity index (χ0v) is 19.9. The number of amides is 1. The second-order valence-corrected chi connectivity index (χ2v) is 9.78. The van der Waals surface area contributed by atoms with Crippen LogP contribution in [-0.4, -0.2) is 21.8 Å². The number of nitrogens with zero attached hydrogens (tertiary/aromatic N) is 2. The Balaban J connectivity index is 1.68. The van der Waals surface area contributed by atoms with Gasteiger partial charge in [-0.3, -0.25) is 19.5 Å². The molecule has 5 rings (SSSR count). The van der Waals surface area contributed by atoms with E-state index in [1.165, 1.54) is 4.90 Å². The van der Waals surface area contributed by atoms with E-state index >= 15 is 0 Å². The molecular formula is C30H26N2O3. The van der Waals surface area contributed by atoms with E-state index in [9.17, 15) is 14.7 Å². The zero-order valence-electron chi connectivity index (χ0n) is 19.9. The smallest absolute Gasteiger partial charge is 0.300 e. The number of rotatable bonds is 3. The SMILES string of the molecule is CC(C)(C)c1ccc(N2C(=O)C(=O)/C(=C(\O)c3ccc4ccccc4c3)C2c2ccccn2)cc1. The summed E-state index contributed by atoms with van der Waals surface area (Å²) in [6.07, 6.45) is 1.62. The molecule has 1 aliphatic rings. The first-order valence-corrected chi connectivity index (χ1v) is 11.6. The minimum absolute atomic E-state index is 0.0314. The van der Waals surface area contributed by atoms with Gasteiger partial charge >= 0.3 is 0 Å². The van der Waals surface area contributed by atoms with Crippen LogP contribution >= 0.6 is 0 Å². The highest BCUT2D eigenvalue weighted by Crippen LogP contribution is 2.42. The first kappa shape index (κ1) is 22.5. The number of Topliss-reactive ketones (excluding diaryl/α,β-unsaturated/α-hetero) is 1. The van der Waals surface area contributed by atoms with Crippen LogP contribution in [0.4, 0.5) is 5.69 Å². The summed E-state index contributed by atoms with van der Waals surface area (Å²) < 4.78 is 0. The fourth-order valence-corrected chi connectivity index (χ4v) is 4.53. The third-order valence-electron chi connectivity index (χ3n) is 6.45. The second kappa shape index (κ2) is 8.51. The molecule has 1 amide bonds. The van der Waals surface area contributed by atoms with Crippen LogP contribution in [0.2, 0.25) is 0 Å². The van der Waals surface area contributed by atoms with Crippen molar-refractivity contribution >= 4 is 33.9 Å². The molecule has 35 heavy (non-hydrogen) atoms. The van der Waals surface area contributed by atoms with Crippen molar-refractivity contribution in [2.75, 3.05) is 4.90 Å². The Morgan fingerprint density at radius 1 is 0.857 bits per heavy atom. The summed E-state index contributed by atoms with van der Waals surface area (Å²) in [5.41, 5.74) is 2.66. The molecule has 1 aromatic heterocycles. The Morgan fingerprint density at radius 3 is 2.20 bits per heavy atom. The van der Waals surface area contributed by atoms with Gasteiger partial charge in [0.15, 0.2) is 0 Å². The maximum absolute atomic E-state index is 13.3. The molecule has 1 atom stereocenters. The Morgan fingerprint density at radius 2 is 1.54 bits per heavy atom. The van der Waals surface area contributed by atoms with E-state index in [4.69, 9.17) is 0 Å². The lowest BCUT2D eigenvalue weighted by molar-refractivity contribution is -0.132. The van der Waals surface area contributed by atoms with Crippen LogP contribution in [0, 0.1) is 0 Å². The lowest BCUT2D eigenvalue weighted by Crippen LogP contribution is -2.30. The van der Waals surface area contributed by atoms with Crippen LogP contribution in [0.5, 0.6) is 0 Å². The van der Waals surface area contributed by atoms with Gasteiger partial charge in [-0.1, -0.05) is 75.4 Å². The van der Waals surface area contributed by atoms with Crippen molar-refractivity contribution in [2.45, 2.75) is 32.2 Å². The number of carbonyl (C=O) groups is 2. The van der Waals surface area contributed by atoms with Crippen molar-refractivity contribution in [3.8, 4) is 0 Å². The third kappa shape index (κ3) is 3.99. The number of hydrogen-bond acceptors (Lipinski definition) is 4. The maximum Gasteiger partial charge on any atom is 0.300 e. The van der Waals surface area contributed by atoms with Gasteiger partial charge in [-0.2, -0.15) is 0 Å². The summed E-state index contributed by atoms with van der Waals surface area (Å²) in [6.45, 7) is 6.35. The third-order valence-corrected chi connectivity index (χ3v) is 6.45. The molecule has 0 bridgehead atoms. The molecule has 1 unspecified atom stereocenters. The van der Waals surface area contributed by atoms with Crippen LogP contribution in [-0.2, 0) is 15.0 Å². The summed E-state index contributed by atoms with van der Waals surface area (Å²) >= 11 is 0. The van der Waals surface area contributed by atoms with Crippen molar-refractivity contribution in [3.63, 3.8) is 0 Å². The molecule has 174 valence electrons. The predicted molar refractivity (Wildman–Crippen MR) is 138 cm³/mol. The van der Waals surface area contributed by atoms with Crippen LogP contribution in [0.3, 0.4) is 0 Å². The second-order valence-electron chi connectivity index (χ2n) is 9.78. The van der Waals surface area contributed by atoms with Crippen molar-refractivity contribution in [1.29, 1.82) is 0 Å². The molecule has 4 aromatic rings. The van der Waals surface area contributed by atoms with E-state index in [1.54, 1.807) is 30.5 Å². The Bertz CT molecular complexity index is 1470. The summed E-state index contributed by atoms with van der Waals surface area (Å²) in [4.78, 5) is 32.6. The van der Waals surface area contributed by atoms with Gasteiger partial charge in [-0.25, -0.2) is 0 Å². The molecule has 1 saturated heterocycles. The Kier molecular flexibility index (Phi) is 5.48. The van der Waals surface area contributed by atoms with Gasteiger partial charge in [0.05, 0.1) is 11.3 Å². The molecule has 0 aliphatic carbocycles. The van der Waals surface area contributed by atoms with E-state index in [-0.39, 0.29) is 16.7 Å². The molecule has 1 aliphatic heterocycles. The number of aliphatic hydroxyl groups excluding tert-OH is 1. The number of benzene rings is 3. The summed E-state index contributed by atoms with van der Waals surface area (Å²) in [6, 6.07) is 25.4. The van der Waals surface area contributed by atoms with Gasteiger partial charge in [0.25, 0.3) is 11.7 Å². The average molecular weight is 463 g/mol. The molecule has 1 fully saturated rings. The molecule has 1 N–H and O–H groups in total. The lowest BCUT2D eigenvalue weighted by Gasteiger charge is -2.26. The lowest BCUT2D eigenvalue weighted by atomic mass is 9.87. The average Bonchev–Trinajstić information content (AvgIpc) is 3.13. The summed E-state index contributed by atoms with van der Waals surface area (Å²) in [5.74, 6) is -1.63. The highest BCUT2D eigenvalue weighted by molar-refractivity contribution is 6.51. The van der Waals surface area contributed by atoms with Gasteiger partial charge in [0, 0.05) is 17.4 Å². The van der Waals surface area contributed by atoms with Crippen LogP contribution < -0.4 is 4.90 Å². The van der Waals surface area contributed by atoms with Crippen LogP contribution in [0.25, 0.3) is 16.5 Å². The maximum atomic E-state index is 13.3.